The lowest BCUT2D eigenvalue weighted by Gasteiger charge is -2.41. The van der Waals surface area contributed by atoms with Gasteiger partial charge in [-0.05, 0) is 62.8 Å². The molecule has 6 atom stereocenters. The van der Waals surface area contributed by atoms with Gasteiger partial charge in [0.15, 0.2) is 0 Å². The van der Waals surface area contributed by atoms with E-state index in [0.717, 1.165) is 62.8 Å². The average molecular weight is 640 g/mol. The first-order valence-electron chi connectivity index (χ1n) is 16.9. The molecule has 2 bridgehead atoms. The van der Waals surface area contributed by atoms with Gasteiger partial charge in [0.1, 0.15) is 11.8 Å². The Balaban J connectivity index is 1.70. The van der Waals surface area contributed by atoms with Crippen molar-refractivity contribution in [2.24, 2.45) is 17.8 Å². The van der Waals surface area contributed by atoms with Gasteiger partial charge in [-0.15, -0.1) is 24.9 Å². The fraction of sp³-hybridized carbons (Fsp3) is 0.639. The number of unbranched alkanes of at least 4 members (excludes halogenated alkanes) is 5. The third kappa shape index (κ3) is 6.99. The zero-order valence-electron chi connectivity index (χ0n) is 27.5. The summed E-state index contributed by atoms with van der Waals surface area (Å²) in [7, 11) is 0. The van der Waals surface area contributed by atoms with Crippen molar-refractivity contribution in [2.45, 2.75) is 88.2 Å². The molecule has 45 heavy (non-hydrogen) atoms. The van der Waals surface area contributed by atoms with Gasteiger partial charge < -0.3 is 24.5 Å². The van der Waals surface area contributed by atoms with Gasteiger partial charge in [0, 0.05) is 43.7 Å². The zero-order chi connectivity index (χ0) is 32.6. The number of carbonyl (C=O) groups excluding carboxylic acids is 3. The first-order valence-corrected chi connectivity index (χ1v) is 17.8. The highest BCUT2D eigenvalue weighted by molar-refractivity contribution is 8.02. The summed E-state index contributed by atoms with van der Waals surface area (Å²) in [5, 5.41) is 9.22. The predicted molar refractivity (Wildman–Crippen MR) is 182 cm³/mol. The molecule has 1 N–H and O–H groups in total. The number of likely N-dealkylation sites (tertiary alicyclic amines) is 1. The van der Waals surface area contributed by atoms with Crippen LogP contribution in [0, 0.1) is 17.8 Å². The number of hydrogen-bond acceptors (Lipinski definition) is 6. The van der Waals surface area contributed by atoms with Crippen LogP contribution in [0.4, 0.5) is 5.69 Å². The molecule has 1 aromatic rings. The number of fused-ring (bicyclic) bond motifs is 1. The largest absolute Gasteiger partial charge is 0.494 e. The van der Waals surface area contributed by atoms with Crippen molar-refractivity contribution in [3.63, 3.8) is 0 Å². The van der Waals surface area contributed by atoms with Gasteiger partial charge in [0.25, 0.3) is 0 Å². The average Bonchev–Trinajstić information content (AvgIpc) is 3.63. The lowest BCUT2D eigenvalue weighted by Crippen LogP contribution is -2.57. The van der Waals surface area contributed by atoms with E-state index in [-0.39, 0.29) is 35.5 Å². The van der Waals surface area contributed by atoms with Gasteiger partial charge in [-0.1, -0.05) is 51.7 Å². The fourth-order valence-electron chi connectivity index (χ4n) is 7.76. The first kappa shape index (κ1) is 35.1. The Morgan fingerprint density at radius 1 is 1.04 bits per heavy atom. The fourth-order valence-corrected chi connectivity index (χ4v) is 10.2. The third-order valence-electron chi connectivity index (χ3n) is 9.80. The molecular weight excluding hydrogens is 586 g/mol. The number of anilines is 1. The van der Waals surface area contributed by atoms with E-state index in [0.29, 0.717) is 32.8 Å². The molecule has 3 amide bonds. The molecule has 0 radical (unpaired) electrons. The summed E-state index contributed by atoms with van der Waals surface area (Å²) in [6.45, 7) is 16.7. The summed E-state index contributed by atoms with van der Waals surface area (Å²) in [5.74, 6) is -0.392. The molecule has 0 aliphatic carbocycles. The number of aliphatic hydroxyl groups excluding tert-OH is 1. The molecule has 3 aliphatic rings. The van der Waals surface area contributed by atoms with Crippen molar-refractivity contribution in [1.82, 2.24) is 9.80 Å². The van der Waals surface area contributed by atoms with Crippen molar-refractivity contribution < 1.29 is 24.2 Å². The molecule has 8 nitrogen and oxygen atoms in total. The van der Waals surface area contributed by atoms with Gasteiger partial charge in [-0.25, -0.2) is 0 Å². The molecule has 1 spiro atoms. The van der Waals surface area contributed by atoms with E-state index in [1.807, 2.05) is 41.0 Å². The molecule has 4 rings (SSSR count). The molecule has 0 saturated carbocycles. The zero-order valence-corrected chi connectivity index (χ0v) is 28.3. The minimum absolute atomic E-state index is 0.0141. The van der Waals surface area contributed by atoms with Crippen LogP contribution in [-0.2, 0) is 14.4 Å². The Labute approximate surface area is 274 Å². The van der Waals surface area contributed by atoms with E-state index in [4.69, 9.17) is 4.74 Å². The lowest BCUT2D eigenvalue weighted by molar-refractivity contribution is -0.142. The van der Waals surface area contributed by atoms with E-state index in [1.165, 1.54) is 0 Å². The SMILES string of the molecule is C=CCN(CCCCC)C(=O)C1N(CCCCCCO)C(=O)[C@@H]2[C@H](C(=O)N(CC=C)c3ccc(OCC)cc3)[C@@H]3CC(C)C12S3. The van der Waals surface area contributed by atoms with Crippen molar-refractivity contribution >= 4 is 35.2 Å². The Bertz CT molecular complexity index is 1190. The van der Waals surface area contributed by atoms with E-state index >= 15 is 0 Å². The quantitative estimate of drug-likeness (QED) is 0.154. The van der Waals surface area contributed by atoms with Crippen LogP contribution in [0.2, 0.25) is 0 Å². The molecule has 0 aromatic heterocycles. The van der Waals surface area contributed by atoms with Gasteiger partial charge in [0.05, 0.1) is 23.2 Å². The molecule has 3 fully saturated rings. The molecule has 9 heteroatoms. The van der Waals surface area contributed by atoms with Crippen molar-refractivity contribution in [2.75, 3.05) is 44.3 Å². The minimum atomic E-state index is -0.660. The Morgan fingerprint density at radius 2 is 1.76 bits per heavy atom. The Morgan fingerprint density at radius 3 is 2.40 bits per heavy atom. The van der Waals surface area contributed by atoms with Crippen LogP contribution < -0.4 is 9.64 Å². The number of aliphatic hydroxyl groups is 1. The number of hydrogen-bond donors (Lipinski definition) is 1. The van der Waals surface area contributed by atoms with Gasteiger partial charge >= 0.3 is 0 Å². The summed E-state index contributed by atoms with van der Waals surface area (Å²) >= 11 is 1.73. The number of nitrogens with zero attached hydrogens (tertiary/aromatic N) is 3. The highest BCUT2D eigenvalue weighted by Crippen LogP contribution is 2.69. The molecule has 3 aliphatic heterocycles. The van der Waals surface area contributed by atoms with Crippen LogP contribution in [0.25, 0.3) is 0 Å². The van der Waals surface area contributed by atoms with Crippen molar-refractivity contribution in [3.8, 4) is 5.75 Å². The van der Waals surface area contributed by atoms with Gasteiger partial charge in [0.2, 0.25) is 17.7 Å². The van der Waals surface area contributed by atoms with Crippen LogP contribution in [-0.4, -0.2) is 88.1 Å². The molecule has 3 saturated heterocycles. The number of amides is 3. The second-order valence-electron chi connectivity index (χ2n) is 12.7. The van der Waals surface area contributed by atoms with Crippen LogP contribution >= 0.6 is 11.8 Å². The highest BCUT2D eigenvalue weighted by Gasteiger charge is 2.76. The van der Waals surface area contributed by atoms with Crippen LogP contribution in [0.15, 0.2) is 49.6 Å². The summed E-state index contributed by atoms with van der Waals surface area (Å²) in [6, 6.07) is 6.88. The third-order valence-corrected chi connectivity index (χ3v) is 11.9. The maximum Gasteiger partial charge on any atom is 0.247 e. The second-order valence-corrected chi connectivity index (χ2v) is 14.2. The number of benzene rings is 1. The van der Waals surface area contributed by atoms with Crippen LogP contribution in [0.3, 0.4) is 0 Å². The number of ether oxygens (including phenoxy) is 1. The van der Waals surface area contributed by atoms with Crippen molar-refractivity contribution in [3.05, 3.63) is 49.6 Å². The van der Waals surface area contributed by atoms with E-state index in [2.05, 4.69) is 27.0 Å². The maximum absolute atomic E-state index is 14.6. The van der Waals surface area contributed by atoms with Crippen LogP contribution in [0.1, 0.15) is 72.1 Å². The second kappa shape index (κ2) is 16.2. The number of thioether (sulfide) groups is 1. The smallest absolute Gasteiger partial charge is 0.247 e. The Hall–Kier alpha value is -2.78. The molecule has 1 aromatic carbocycles. The van der Waals surface area contributed by atoms with Crippen molar-refractivity contribution in [1.29, 1.82) is 0 Å². The first-order chi connectivity index (χ1) is 21.8. The number of carbonyl (C=O) groups is 3. The summed E-state index contributed by atoms with van der Waals surface area (Å²) in [6.07, 6.45) is 10.5. The summed E-state index contributed by atoms with van der Waals surface area (Å²) < 4.78 is 4.96. The standard InChI is InChI=1S/C36H53N3O5S/c1-6-10-13-22-37(20-7-2)35(43)32-36-26(5)25-29(45-36)30(31(36)34(42)39(32)23-14-11-12-15-24-40)33(41)38(21-8-3)27-16-18-28(19-17-27)44-9-4/h7-8,16-19,26,29-32,40H,2-3,6,9-15,20-25H2,1,4-5H3/t26?,29-,30+,31-,32?,36?/m0/s1. The molecule has 3 heterocycles. The van der Waals surface area contributed by atoms with Crippen LogP contribution in [0.5, 0.6) is 5.75 Å². The minimum Gasteiger partial charge on any atom is -0.494 e. The maximum atomic E-state index is 14.6. The number of rotatable bonds is 19. The van der Waals surface area contributed by atoms with E-state index in [9.17, 15) is 19.5 Å². The molecule has 248 valence electrons. The highest BCUT2D eigenvalue weighted by atomic mass is 32.2. The predicted octanol–water partition coefficient (Wildman–Crippen LogP) is 5.70. The van der Waals surface area contributed by atoms with E-state index in [1.54, 1.807) is 28.8 Å². The summed E-state index contributed by atoms with van der Waals surface area (Å²) in [5.41, 5.74) is 0.741. The lowest BCUT2D eigenvalue weighted by atomic mass is 9.65. The van der Waals surface area contributed by atoms with Gasteiger partial charge in [-0.3, -0.25) is 14.4 Å². The van der Waals surface area contributed by atoms with E-state index < -0.39 is 22.6 Å². The monoisotopic (exact) mass is 639 g/mol. The molecular formula is C36H53N3O5S. The van der Waals surface area contributed by atoms with Gasteiger partial charge in [-0.2, -0.15) is 0 Å². The molecule has 3 unspecified atom stereocenters. The topological polar surface area (TPSA) is 90.4 Å². The summed E-state index contributed by atoms with van der Waals surface area (Å²) in [4.78, 5) is 49.3. The normalized spacial score (nSPS) is 26.5. The Kier molecular flexibility index (Phi) is 12.6.